The van der Waals surface area contributed by atoms with Gasteiger partial charge in [0.2, 0.25) is 0 Å². The van der Waals surface area contributed by atoms with E-state index in [-0.39, 0.29) is 37.7 Å². The molecular formula is CaO4W-2. The topological polar surface area (TPSA) is 80.3 Å². The van der Waals surface area contributed by atoms with Crippen LogP contribution in [0.4, 0.5) is 0 Å². The van der Waals surface area contributed by atoms with E-state index in [1.807, 2.05) is 0 Å². The molecule has 0 spiro atoms. The van der Waals surface area contributed by atoms with E-state index in [9.17, 15) is 0 Å². The summed E-state index contributed by atoms with van der Waals surface area (Å²) in [4.78, 5) is 0. The van der Waals surface area contributed by atoms with Gasteiger partial charge in [0.05, 0.1) is 0 Å². The average molecular weight is 288 g/mol. The van der Waals surface area contributed by atoms with E-state index in [2.05, 4.69) is 0 Å². The van der Waals surface area contributed by atoms with Crippen molar-refractivity contribution < 1.29 is 31.1 Å². The van der Waals surface area contributed by atoms with Crippen molar-refractivity contribution in [2.75, 3.05) is 0 Å². The molecule has 6 heavy (non-hydrogen) atoms. The van der Waals surface area contributed by atoms with Crippen LogP contribution >= 0.6 is 0 Å². The Morgan fingerprint density at radius 1 is 1.17 bits per heavy atom. The molecule has 0 aliphatic rings. The second-order valence-corrected chi connectivity index (χ2v) is 3.34. The number of rotatable bonds is 0. The van der Waals surface area contributed by atoms with E-state index >= 15 is 0 Å². The molecule has 0 aliphatic heterocycles. The molecule has 0 rings (SSSR count). The molecule has 0 fully saturated rings. The zero-order chi connectivity index (χ0) is 4.50. The molecule has 4 nitrogen and oxygen atoms in total. The Balaban J connectivity index is 0. The van der Waals surface area contributed by atoms with Gasteiger partial charge in [-0.25, -0.2) is 0 Å². The van der Waals surface area contributed by atoms with Crippen LogP contribution in [0.3, 0.4) is 0 Å². The molecule has 2 radical (unpaired) electrons. The van der Waals surface area contributed by atoms with Crippen molar-refractivity contribution in [3.8, 4) is 0 Å². The Hall–Kier alpha value is 1.47. The van der Waals surface area contributed by atoms with E-state index < -0.39 is 16.7 Å². The molecule has 0 aromatic carbocycles. The van der Waals surface area contributed by atoms with Crippen LogP contribution in [0.2, 0.25) is 0 Å². The van der Waals surface area contributed by atoms with Gasteiger partial charge in [0.25, 0.3) is 0 Å². The molecule has 0 aliphatic carbocycles. The van der Waals surface area contributed by atoms with Crippen molar-refractivity contribution in [3.63, 3.8) is 0 Å². The minimum absolute atomic E-state index is 0. The Morgan fingerprint density at radius 2 is 1.17 bits per heavy atom. The molecule has 6 heteroatoms. The van der Waals surface area contributed by atoms with Crippen molar-refractivity contribution in [2.45, 2.75) is 0 Å². The Morgan fingerprint density at radius 3 is 1.17 bits per heavy atom. The molecule has 0 atom stereocenters. The summed E-state index contributed by atoms with van der Waals surface area (Å²) in [5, 5.41) is 0. The van der Waals surface area contributed by atoms with Gasteiger partial charge in [-0.2, -0.15) is 0 Å². The van der Waals surface area contributed by atoms with Crippen LogP contribution in [-0.2, 0) is 23.5 Å². The second kappa shape index (κ2) is 3.47. The third-order valence-electron chi connectivity index (χ3n) is 0. The molecule has 0 amide bonds. The van der Waals surface area contributed by atoms with Gasteiger partial charge in [0.1, 0.15) is 0 Å². The quantitative estimate of drug-likeness (QED) is 0.445. The van der Waals surface area contributed by atoms with Crippen molar-refractivity contribution in [1.82, 2.24) is 0 Å². The van der Waals surface area contributed by atoms with Crippen LogP contribution < -0.4 is 7.52 Å². The first-order chi connectivity index (χ1) is 2.00. The van der Waals surface area contributed by atoms with E-state index in [4.69, 9.17) is 14.3 Å². The molecule has 0 N–H and O–H groups in total. The first-order valence-electron chi connectivity index (χ1n) is 0.667. The van der Waals surface area contributed by atoms with Gasteiger partial charge < -0.3 is 0 Å². The third-order valence-corrected chi connectivity index (χ3v) is 0. The van der Waals surface area contributed by atoms with Crippen molar-refractivity contribution in [2.24, 2.45) is 0 Å². The molecule has 0 saturated carbocycles. The monoisotopic (exact) mass is 288 g/mol. The number of hydrogen-bond acceptors (Lipinski definition) is 4. The van der Waals surface area contributed by atoms with Gasteiger partial charge in [0, 0.05) is 37.7 Å². The summed E-state index contributed by atoms with van der Waals surface area (Å²) in [5.74, 6) is 0. The third kappa shape index (κ3) is 50.7. The van der Waals surface area contributed by atoms with E-state index in [1.165, 1.54) is 0 Å². The van der Waals surface area contributed by atoms with Gasteiger partial charge in [-0.15, -0.1) is 0 Å². The molecule has 0 aromatic heterocycles. The summed E-state index contributed by atoms with van der Waals surface area (Å²) in [6, 6.07) is 0. The predicted octanol–water partition coefficient (Wildman–Crippen LogP) is -3.00. The summed E-state index contributed by atoms with van der Waals surface area (Å²) in [6.07, 6.45) is 0. The maximum absolute atomic E-state index is 8.65. The normalized spacial score (nSPS) is 9.67. The van der Waals surface area contributed by atoms with Gasteiger partial charge >= 0.3 is 31.1 Å². The molecular weight excluding hydrogens is 288 g/mol. The zero-order valence-electron chi connectivity index (χ0n) is 2.75. The standard InChI is InChI=1S/Ca.4O.W/q;;;2*-1;. The van der Waals surface area contributed by atoms with E-state index in [0.29, 0.717) is 0 Å². The van der Waals surface area contributed by atoms with Gasteiger partial charge in [0.15, 0.2) is 0 Å². The minimum atomic E-state index is -6.17. The molecule has 0 aromatic rings. The first kappa shape index (κ1) is 10.4. The summed E-state index contributed by atoms with van der Waals surface area (Å²) in [6.45, 7) is 0. The van der Waals surface area contributed by atoms with Crippen LogP contribution in [0.15, 0.2) is 0 Å². The fourth-order valence-corrected chi connectivity index (χ4v) is 0. The van der Waals surface area contributed by atoms with E-state index in [1.54, 1.807) is 0 Å². The summed E-state index contributed by atoms with van der Waals surface area (Å²) in [5.41, 5.74) is 0. The van der Waals surface area contributed by atoms with Gasteiger partial charge in [-0.05, 0) is 0 Å². The molecule has 0 saturated heterocycles. The SMILES string of the molecule is [Ca].[O]=[W](=[O])([O-])[O-]. The molecule has 34 valence electrons. The molecule has 0 unspecified atom stereocenters. The molecule has 0 bridgehead atoms. The van der Waals surface area contributed by atoms with Gasteiger partial charge in [-0.3, -0.25) is 0 Å². The fraction of sp³-hybridized carbons (Fsp3) is 0. The molecule has 0 heterocycles. The Kier molecular flexibility index (Phi) is 6.04. The Labute approximate surface area is 67.9 Å². The Bertz CT molecular complexity index is 90.7. The average Bonchev–Trinajstić information content (AvgIpc) is 0.722. The summed E-state index contributed by atoms with van der Waals surface area (Å²) in [7, 11) is 0. The fourth-order valence-electron chi connectivity index (χ4n) is 0. The maximum atomic E-state index is 8.65. The predicted molar refractivity (Wildman–Crippen MR) is 7.13 cm³/mol. The summed E-state index contributed by atoms with van der Waals surface area (Å²) >= 11 is -6.17. The van der Waals surface area contributed by atoms with Crippen LogP contribution in [0.5, 0.6) is 0 Å². The first-order valence-corrected chi connectivity index (χ1v) is 5.46. The summed E-state index contributed by atoms with van der Waals surface area (Å²) < 4.78 is 34.6. The number of hydrogen-bond donors (Lipinski definition) is 0. The van der Waals surface area contributed by atoms with Crippen LogP contribution in [-0.4, -0.2) is 37.7 Å². The zero-order valence-corrected chi connectivity index (χ0v) is 7.89. The van der Waals surface area contributed by atoms with Crippen molar-refractivity contribution >= 4 is 37.7 Å². The van der Waals surface area contributed by atoms with Crippen LogP contribution in [0.1, 0.15) is 0 Å². The van der Waals surface area contributed by atoms with Crippen LogP contribution in [0, 0.1) is 0 Å². The van der Waals surface area contributed by atoms with Crippen molar-refractivity contribution in [1.29, 1.82) is 0 Å². The van der Waals surface area contributed by atoms with Gasteiger partial charge in [-0.1, -0.05) is 0 Å². The second-order valence-electron chi connectivity index (χ2n) is 0.408. The van der Waals surface area contributed by atoms with E-state index in [0.717, 1.165) is 0 Å². The van der Waals surface area contributed by atoms with Crippen LogP contribution in [0.25, 0.3) is 0 Å². The van der Waals surface area contributed by atoms with Crippen molar-refractivity contribution in [3.05, 3.63) is 0 Å².